The Labute approximate surface area is 219 Å². The molecule has 3 rings (SSSR count). The molecule has 3 aromatic rings. The van der Waals surface area contributed by atoms with Crippen LogP contribution >= 0.6 is 0 Å². The molecule has 0 saturated carbocycles. The van der Waals surface area contributed by atoms with Crippen molar-refractivity contribution in [1.82, 2.24) is 10.6 Å². The second-order valence-corrected chi connectivity index (χ2v) is 9.74. The lowest BCUT2D eigenvalue weighted by Crippen LogP contribution is -2.43. The summed E-state index contributed by atoms with van der Waals surface area (Å²) in [5, 5.41) is 5.87. The van der Waals surface area contributed by atoms with Crippen molar-refractivity contribution in [3.05, 3.63) is 95.6 Å². The van der Waals surface area contributed by atoms with Gasteiger partial charge in [-0.3, -0.25) is 14.4 Å². The number of methoxy groups -OCH3 is 1. The van der Waals surface area contributed by atoms with Gasteiger partial charge < -0.3 is 15.4 Å². The van der Waals surface area contributed by atoms with E-state index in [4.69, 9.17) is 4.74 Å². The zero-order valence-electron chi connectivity index (χ0n) is 22.0. The minimum atomic E-state index is -0.907. The Balaban J connectivity index is 1.84. The molecule has 0 bridgehead atoms. The van der Waals surface area contributed by atoms with Crippen LogP contribution in [0.1, 0.15) is 49.4 Å². The molecule has 2 N–H and O–H groups in total. The van der Waals surface area contributed by atoms with Crippen LogP contribution in [0.3, 0.4) is 0 Å². The highest BCUT2D eigenvalue weighted by atomic mass is 16.5. The lowest BCUT2D eigenvalue weighted by molar-refractivity contribution is -0.144. The van der Waals surface area contributed by atoms with Gasteiger partial charge in [-0.15, -0.1) is 0 Å². The minimum absolute atomic E-state index is 0.0365. The van der Waals surface area contributed by atoms with E-state index in [-0.39, 0.29) is 24.2 Å². The van der Waals surface area contributed by atoms with Crippen molar-refractivity contribution in [2.45, 2.75) is 46.2 Å². The predicted molar refractivity (Wildman–Crippen MR) is 145 cm³/mol. The minimum Gasteiger partial charge on any atom is -0.469 e. The first-order valence-electron chi connectivity index (χ1n) is 12.6. The van der Waals surface area contributed by atoms with Gasteiger partial charge in [-0.1, -0.05) is 98.3 Å². The lowest BCUT2D eigenvalue weighted by Gasteiger charge is -2.23. The van der Waals surface area contributed by atoms with E-state index >= 15 is 0 Å². The van der Waals surface area contributed by atoms with Crippen molar-refractivity contribution < 1.29 is 19.1 Å². The molecule has 0 radical (unpaired) electrons. The number of amides is 2. The van der Waals surface area contributed by atoms with Gasteiger partial charge in [-0.25, -0.2) is 0 Å². The van der Waals surface area contributed by atoms with Crippen LogP contribution in [0.15, 0.2) is 78.9 Å². The van der Waals surface area contributed by atoms with Crippen LogP contribution in [0.2, 0.25) is 0 Å². The highest BCUT2D eigenvalue weighted by Gasteiger charge is 2.29. The fourth-order valence-electron chi connectivity index (χ4n) is 4.19. The van der Waals surface area contributed by atoms with Gasteiger partial charge in [0, 0.05) is 12.5 Å². The fourth-order valence-corrected chi connectivity index (χ4v) is 4.19. The maximum atomic E-state index is 13.4. The van der Waals surface area contributed by atoms with Gasteiger partial charge >= 0.3 is 5.97 Å². The summed E-state index contributed by atoms with van der Waals surface area (Å²) in [7, 11) is 1.31. The van der Waals surface area contributed by atoms with Gasteiger partial charge in [0.2, 0.25) is 11.8 Å². The van der Waals surface area contributed by atoms with E-state index in [0.29, 0.717) is 18.5 Å². The average molecular weight is 501 g/mol. The van der Waals surface area contributed by atoms with Crippen molar-refractivity contribution in [2.75, 3.05) is 7.11 Å². The quantitative estimate of drug-likeness (QED) is 0.347. The molecule has 1 unspecified atom stereocenters. The zero-order chi connectivity index (χ0) is 26.8. The zero-order valence-corrected chi connectivity index (χ0v) is 22.0. The Kier molecular flexibility index (Phi) is 10.0. The average Bonchev–Trinajstić information content (AvgIpc) is 2.91. The fraction of sp³-hybridized carbons (Fsp3) is 0.323. The Hall–Kier alpha value is -3.93. The highest BCUT2D eigenvalue weighted by molar-refractivity contribution is 5.91. The Morgan fingerprint density at radius 2 is 1.43 bits per heavy atom. The maximum absolute atomic E-state index is 13.4. The van der Waals surface area contributed by atoms with Crippen LogP contribution in [0.5, 0.6) is 0 Å². The third-order valence-electron chi connectivity index (χ3n) is 6.25. The summed E-state index contributed by atoms with van der Waals surface area (Å²) in [5.41, 5.74) is 4.84. The Bertz CT molecular complexity index is 1170. The molecule has 0 aliphatic rings. The van der Waals surface area contributed by atoms with Crippen molar-refractivity contribution >= 4 is 17.8 Å². The number of carbonyl (C=O) groups is 3. The summed E-state index contributed by atoms with van der Waals surface area (Å²) in [6, 6.07) is 24.6. The topological polar surface area (TPSA) is 84.5 Å². The normalized spacial score (nSPS) is 12.5. The van der Waals surface area contributed by atoms with Crippen molar-refractivity contribution in [3.63, 3.8) is 0 Å². The molecule has 0 saturated heterocycles. The molecule has 2 atom stereocenters. The molecule has 0 fully saturated rings. The number of hydrogen-bond acceptors (Lipinski definition) is 4. The highest BCUT2D eigenvalue weighted by Crippen LogP contribution is 2.24. The first-order chi connectivity index (χ1) is 17.8. The van der Waals surface area contributed by atoms with Crippen LogP contribution in [0, 0.1) is 18.8 Å². The van der Waals surface area contributed by atoms with Crippen LogP contribution in [-0.2, 0) is 25.7 Å². The predicted octanol–water partition coefficient (Wildman–Crippen LogP) is 5.36. The van der Waals surface area contributed by atoms with E-state index in [2.05, 4.69) is 10.6 Å². The van der Waals surface area contributed by atoms with Gasteiger partial charge in [0.15, 0.2) is 0 Å². The molecule has 0 aliphatic heterocycles. The number of esters is 1. The number of rotatable bonds is 11. The van der Waals surface area contributed by atoms with Gasteiger partial charge in [-0.2, -0.15) is 0 Å². The number of ether oxygens (including phenoxy) is 1. The van der Waals surface area contributed by atoms with Gasteiger partial charge in [0.05, 0.1) is 13.5 Å². The third kappa shape index (κ3) is 8.31. The lowest BCUT2D eigenvalue weighted by atomic mass is 9.92. The SMILES string of the molecule is COC(=O)C[C@@H](CC(C)C)C(=O)NC(C(=O)NCc1ccc(C)cc1)c1ccc(-c2ccccc2)cc1. The van der Waals surface area contributed by atoms with Crippen molar-refractivity contribution in [2.24, 2.45) is 11.8 Å². The smallest absolute Gasteiger partial charge is 0.306 e. The summed E-state index contributed by atoms with van der Waals surface area (Å²) < 4.78 is 4.80. The van der Waals surface area contributed by atoms with E-state index in [1.807, 2.05) is 99.6 Å². The van der Waals surface area contributed by atoms with E-state index in [0.717, 1.165) is 22.3 Å². The van der Waals surface area contributed by atoms with E-state index < -0.39 is 17.9 Å². The molecule has 0 spiro atoms. The summed E-state index contributed by atoms with van der Waals surface area (Å²) in [6.45, 7) is 6.33. The molecule has 0 heterocycles. The summed E-state index contributed by atoms with van der Waals surface area (Å²) >= 11 is 0. The first kappa shape index (κ1) is 27.7. The molecule has 0 aliphatic carbocycles. The summed E-state index contributed by atoms with van der Waals surface area (Å²) in [6.07, 6.45) is 0.469. The number of aryl methyl sites for hydroxylation is 1. The van der Waals surface area contributed by atoms with Crippen molar-refractivity contribution in [1.29, 1.82) is 0 Å². The number of nitrogens with one attached hydrogen (secondary N) is 2. The van der Waals surface area contributed by atoms with Crippen molar-refractivity contribution in [3.8, 4) is 11.1 Å². The van der Waals surface area contributed by atoms with Gasteiger partial charge in [0.1, 0.15) is 6.04 Å². The molecular formula is C31H36N2O4. The van der Waals surface area contributed by atoms with E-state index in [1.165, 1.54) is 7.11 Å². The van der Waals surface area contributed by atoms with Gasteiger partial charge in [0.25, 0.3) is 0 Å². The number of carbonyl (C=O) groups excluding carboxylic acids is 3. The Morgan fingerprint density at radius 1 is 0.811 bits per heavy atom. The molecule has 194 valence electrons. The van der Waals surface area contributed by atoms with Crippen LogP contribution in [0.4, 0.5) is 0 Å². The summed E-state index contributed by atoms with van der Waals surface area (Å²) in [5.74, 6) is -1.51. The standard InChI is InChI=1S/C31H36N2O4/c1-21(2)18-27(19-28(34)37-4)30(35)33-29(31(36)32-20-23-12-10-22(3)11-13-23)26-16-14-25(15-17-26)24-8-6-5-7-9-24/h5-17,21,27,29H,18-20H2,1-4H3,(H,32,36)(H,33,35)/t27-,29?/m1/s1. The largest absolute Gasteiger partial charge is 0.469 e. The molecule has 6 nitrogen and oxygen atoms in total. The van der Waals surface area contributed by atoms with Crippen LogP contribution in [0.25, 0.3) is 11.1 Å². The molecule has 3 aromatic carbocycles. The second-order valence-electron chi connectivity index (χ2n) is 9.74. The molecular weight excluding hydrogens is 464 g/mol. The van der Waals surface area contributed by atoms with Crippen LogP contribution < -0.4 is 10.6 Å². The first-order valence-corrected chi connectivity index (χ1v) is 12.6. The van der Waals surface area contributed by atoms with E-state index in [1.54, 1.807) is 0 Å². The molecule has 2 amide bonds. The number of hydrogen-bond donors (Lipinski definition) is 2. The Morgan fingerprint density at radius 3 is 2.03 bits per heavy atom. The second kappa shape index (κ2) is 13.4. The van der Waals surface area contributed by atoms with Gasteiger partial charge in [-0.05, 0) is 41.5 Å². The maximum Gasteiger partial charge on any atom is 0.306 e. The molecule has 6 heteroatoms. The number of benzene rings is 3. The third-order valence-corrected chi connectivity index (χ3v) is 6.25. The molecule has 0 aromatic heterocycles. The monoisotopic (exact) mass is 500 g/mol. The summed E-state index contributed by atoms with van der Waals surface area (Å²) in [4.78, 5) is 38.7. The van der Waals surface area contributed by atoms with E-state index in [9.17, 15) is 14.4 Å². The van der Waals surface area contributed by atoms with Crippen LogP contribution in [-0.4, -0.2) is 24.9 Å². The molecule has 37 heavy (non-hydrogen) atoms.